The molecule has 1 aliphatic carbocycles. The molecule has 6 atom stereocenters. The number of cyclic esters (lactones) is 1. The minimum absolute atomic E-state index is 0.0173. The van der Waals surface area contributed by atoms with Crippen molar-refractivity contribution in [1.29, 1.82) is 0 Å². The molecule has 270 valence electrons. The molecule has 3 heterocycles. The van der Waals surface area contributed by atoms with E-state index in [1.807, 2.05) is 63.0 Å². The first-order valence-corrected chi connectivity index (χ1v) is 18.6. The number of allylic oxidation sites excluding steroid dienone is 2. The molecule has 2 saturated heterocycles. The number of nitrogens with zero attached hydrogens (tertiary/aromatic N) is 3. The molecule has 0 spiro atoms. The normalized spacial score (nSPS) is 30.6. The molecule has 3 aliphatic heterocycles. The van der Waals surface area contributed by atoms with Crippen LogP contribution in [0, 0.1) is 17.8 Å². The summed E-state index contributed by atoms with van der Waals surface area (Å²) >= 11 is 0. The highest BCUT2D eigenvalue weighted by Gasteiger charge is 2.31. The van der Waals surface area contributed by atoms with Crippen LogP contribution in [0.5, 0.6) is 0 Å². The lowest BCUT2D eigenvalue weighted by Crippen LogP contribution is -2.52. The summed E-state index contributed by atoms with van der Waals surface area (Å²) in [6.45, 7) is 12.8. The molecule has 0 aromatic rings. The van der Waals surface area contributed by atoms with Crippen LogP contribution in [0.4, 0.5) is 9.59 Å². The van der Waals surface area contributed by atoms with Crippen LogP contribution in [0.15, 0.2) is 36.0 Å². The molecule has 1 saturated carbocycles. The predicted octanol–water partition coefficient (Wildman–Crippen LogP) is 6.49. The highest BCUT2D eigenvalue weighted by Crippen LogP contribution is 2.26. The number of hydrogen-bond donors (Lipinski definition) is 1. The Hall–Kier alpha value is -2.85. The van der Waals surface area contributed by atoms with Gasteiger partial charge >= 0.3 is 18.2 Å². The zero-order valence-electron chi connectivity index (χ0n) is 29.9. The molecule has 0 bridgehead atoms. The van der Waals surface area contributed by atoms with Crippen LogP contribution in [0.25, 0.3) is 0 Å². The molecular formula is C38H61N3O7. The molecule has 3 fully saturated rings. The van der Waals surface area contributed by atoms with Crippen LogP contribution >= 0.6 is 0 Å². The van der Waals surface area contributed by atoms with E-state index in [1.54, 1.807) is 4.90 Å². The first-order valence-electron chi connectivity index (χ1n) is 18.6. The maximum Gasteiger partial charge on any atom is 0.410 e. The summed E-state index contributed by atoms with van der Waals surface area (Å²) < 4.78 is 17.5. The van der Waals surface area contributed by atoms with E-state index in [1.165, 1.54) is 38.5 Å². The van der Waals surface area contributed by atoms with Gasteiger partial charge in [-0.25, -0.2) is 9.59 Å². The van der Waals surface area contributed by atoms with Crippen molar-refractivity contribution in [3.8, 4) is 0 Å². The first-order chi connectivity index (χ1) is 23.1. The summed E-state index contributed by atoms with van der Waals surface area (Å²) in [5, 5.41) is 10.7. The zero-order valence-corrected chi connectivity index (χ0v) is 29.9. The first kappa shape index (κ1) is 38.0. The molecule has 1 unspecified atom stereocenters. The molecular weight excluding hydrogens is 610 g/mol. The molecule has 48 heavy (non-hydrogen) atoms. The molecule has 0 radical (unpaired) electrons. The summed E-state index contributed by atoms with van der Waals surface area (Å²) in [6.07, 6.45) is 18.1. The zero-order chi connectivity index (χ0) is 34.5. The van der Waals surface area contributed by atoms with Crippen LogP contribution in [0.1, 0.15) is 98.3 Å². The smallest absolute Gasteiger partial charge is 0.410 e. The lowest BCUT2D eigenvalue weighted by atomic mass is 9.92. The number of rotatable bonds is 7. The number of aliphatic hydroxyl groups excluding tert-OH is 1. The van der Waals surface area contributed by atoms with E-state index < -0.39 is 24.3 Å². The van der Waals surface area contributed by atoms with Crippen molar-refractivity contribution in [3.05, 3.63) is 36.0 Å². The Morgan fingerprint density at radius 3 is 2.27 bits per heavy atom. The Morgan fingerprint density at radius 1 is 0.917 bits per heavy atom. The van der Waals surface area contributed by atoms with Gasteiger partial charge in [0.1, 0.15) is 12.2 Å². The van der Waals surface area contributed by atoms with E-state index in [9.17, 15) is 19.5 Å². The number of ether oxygens (including phenoxy) is 3. The number of carbonyl (C=O) groups excluding carboxylic acids is 3. The molecule has 0 aromatic carbocycles. The molecule has 4 aliphatic rings. The average molecular weight is 672 g/mol. The second-order valence-corrected chi connectivity index (χ2v) is 14.6. The maximum atomic E-state index is 13.4. The number of piperazine rings is 1. The van der Waals surface area contributed by atoms with E-state index in [2.05, 4.69) is 4.90 Å². The van der Waals surface area contributed by atoms with Gasteiger partial charge in [0, 0.05) is 57.1 Å². The Bertz CT molecular complexity index is 1120. The van der Waals surface area contributed by atoms with E-state index >= 15 is 0 Å². The second kappa shape index (κ2) is 19.4. The third-order valence-corrected chi connectivity index (χ3v) is 10.5. The largest absolute Gasteiger partial charge is 0.457 e. The quantitative estimate of drug-likeness (QED) is 0.108. The highest BCUT2D eigenvalue weighted by molar-refractivity contribution is 5.70. The van der Waals surface area contributed by atoms with Gasteiger partial charge in [-0.2, -0.15) is 0 Å². The van der Waals surface area contributed by atoms with Crippen LogP contribution in [-0.4, -0.2) is 108 Å². The van der Waals surface area contributed by atoms with Crippen molar-refractivity contribution in [1.82, 2.24) is 14.7 Å². The minimum Gasteiger partial charge on any atom is -0.457 e. The summed E-state index contributed by atoms with van der Waals surface area (Å²) in [6, 6.07) is 0.635. The van der Waals surface area contributed by atoms with Crippen molar-refractivity contribution in [3.63, 3.8) is 0 Å². The summed E-state index contributed by atoms with van der Waals surface area (Å²) in [5.41, 5.74) is 0.845. The predicted molar refractivity (Wildman–Crippen MR) is 186 cm³/mol. The Balaban J connectivity index is 1.36. The monoisotopic (exact) mass is 671 g/mol. The van der Waals surface area contributed by atoms with Gasteiger partial charge in [-0.3, -0.25) is 9.69 Å². The maximum absolute atomic E-state index is 13.4. The highest BCUT2D eigenvalue weighted by atomic mass is 16.6. The third kappa shape index (κ3) is 11.9. The van der Waals surface area contributed by atoms with Gasteiger partial charge in [0.25, 0.3) is 0 Å². The fourth-order valence-electron chi connectivity index (χ4n) is 7.27. The SMILES string of the molecule is C/C(=C\C=C\[C@@H](C)COC(=O)N1CCCC1)[C@H]1OC(=O)C[C@@H](O)CC[C@@H](C)C(OC(=O)N2CCN(C3CCCCCC3)CC2)/C=C/[C@@H]1C. The lowest BCUT2D eigenvalue weighted by Gasteiger charge is -2.39. The van der Waals surface area contributed by atoms with Crippen LogP contribution in [0.2, 0.25) is 0 Å². The van der Waals surface area contributed by atoms with Crippen molar-refractivity contribution in [2.45, 2.75) is 123 Å². The summed E-state index contributed by atoms with van der Waals surface area (Å²) in [4.78, 5) is 44.6. The lowest BCUT2D eigenvalue weighted by molar-refractivity contribution is -0.151. The fourth-order valence-corrected chi connectivity index (χ4v) is 7.27. The number of esters is 1. The van der Waals surface area contributed by atoms with E-state index in [4.69, 9.17) is 14.2 Å². The number of carbonyl (C=O) groups is 3. The molecule has 0 aromatic heterocycles. The third-order valence-electron chi connectivity index (χ3n) is 10.5. The standard InChI is InChI=1S/C38H61N3O7/c1-28(27-46-37(44)40-20-9-10-21-40)12-11-13-30(3)36-31(4)17-19-34(29(2)16-18-33(42)26-35(43)48-36)47-38(45)41-24-22-39(23-25-41)32-14-7-5-6-8-15-32/h11-13,17,19,28-29,31-34,36,42H,5-10,14-16,18,20-27H2,1-4H3/b12-11+,19-17+,30-13+/t28-,29-,31+,33+,34?,36-/m1/s1. The Morgan fingerprint density at radius 2 is 1.58 bits per heavy atom. The number of hydrogen-bond acceptors (Lipinski definition) is 8. The van der Waals surface area contributed by atoms with Gasteiger partial charge < -0.3 is 29.1 Å². The fraction of sp³-hybridized carbons (Fsp3) is 0.763. The summed E-state index contributed by atoms with van der Waals surface area (Å²) in [7, 11) is 0. The Kier molecular flexibility index (Phi) is 15.3. The van der Waals surface area contributed by atoms with Gasteiger partial charge in [-0.1, -0.05) is 70.8 Å². The van der Waals surface area contributed by atoms with Crippen molar-refractivity contribution in [2.75, 3.05) is 45.9 Å². The van der Waals surface area contributed by atoms with Crippen LogP contribution < -0.4 is 0 Å². The molecule has 10 nitrogen and oxygen atoms in total. The number of likely N-dealkylation sites (tertiary alicyclic amines) is 1. The summed E-state index contributed by atoms with van der Waals surface area (Å²) in [5.74, 6) is -0.658. The average Bonchev–Trinajstić information content (AvgIpc) is 3.49. The Labute approximate surface area is 288 Å². The van der Waals surface area contributed by atoms with Crippen LogP contribution in [-0.2, 0) is 19.0 Å². The van der Waals surface area contributed by atoms with Crippen molar-refractivity contribution >= 4 is 18.2 Å². The molecule has 1 N–H and O–H groups in total. The van der Waals surface area contributed by atoms with Gasteiger partial charge in [-0.05, 0) is 63.0 Å². The minimum atomic E-state index is -0.832. The van der Waals surface area contributed by atoms with Crippen molar-refractivity contribution < 1.29 is 33.7 Å². The van der Waals surface area contributed by atoms with E-state index in [0.29, 0.717) is 38.6 Å². The van der Waals surface area contributed by atoms with Gasteiger partial charge in [0.15, 0.2) is 0 Å². The molecule has 4 rings (SSSR count). The van der Waals surface area contributed by atoms with Crippen LogP contribution in [0.3, 0.4) is 0 Å². The second-order valence-electron chi connectivity index (χ2n) is 14.6. The van der Waals surface area contributed by atoms with Crippen molar-refractivity contribution in [2.24, 2.45) is 17.8 Å². The van der Waals surface area contributed by atoms with Gasteiger partial charge in [0.05, 0.1) is 19.1 Å². The van der Waals surface area contributed by atoms with E-state index in [-0.39, 0.29) is 36.4 Å². The van der Waals surface area contributed by atoms with Gasteiger partial charge in [0.2, 0.25) is 0 Å². The van der Waals surface area contributed by atoms with Gasteiger partial charge in [-0.15, -0.1) is 0 Å². The molecule has 10 heteroatoms. The number of aliphatic hydroxyl groups is 1. The number of amides is 2. The molecule has 2 amide bonds. The topological polar surface area (TPSA) is 109 Å². The van der Waals surface area contributed by atoms with E-state index in [0.717, 1.165) is 44.6 Å².